The van der Waals surface area contributed by atoms with Crippen LogP contribution in [0.25, 0.3) is 0 Å². The Morgan fingerprint density at radius 2 is 1.50 bits per heavy atom. The Hall–Kier alpha value is -0.660. The molecule has 0 saturated heterocycles. The number of nitriles is 2. The van der Waals surface area contributed by atoms with Crippen LogP contribution < -0.4 is 10.3 Å². The molecule has 0 saturated carbocycles. The lowest BCUT2D eigenvalue weighted by molar-refractivity contribution is 1.46. The fourth-order valence-corrected chi connectivity index (χ4v) is 0.902. The van der Waals surface area contributed by atoms with E-state index in [1.165, 1.54) is 0 Å². The van der Waals surface area contributed by atoms with Gasteiger partial charge in [-0.25, -0.2) is 0 Å². The molecule has 0 aromatic rings. The summed E-state index contributed by atoms with van der Waals surface area (Å²) in [6.45, 7) is 0. The monoisotopic (exact) mass is 172 g/mol. The first-order valence-corrected chi connectivity index (χ1v) is 3.84. The maximum atomic E-state index is 8.29. The lowest BCUT2D eigenvalue weighted by atomic mass is 10.4. The van der Waals surface area contributed by atoms with Gasteiger partial charge in [0.15, 0.2) is 5.57 Å². The SMILES string of the molecule is N#CC(C#N)=C(SN)SN. The number of rotatable bonds is 2. The van der Waals surface area contributed by atoms with Gasteiger partial charge in [0.05, 0.1) is 4.24 Å². The Kier molecular flexibility index (Phi) is 4.81. The number of allylic oxidation sites excluding steroid dienone is 1. The Morgan fingerprint density at radius 1 is 1.10 bits per heavy atom. The largest absolute Gasteiger partial charge is 0.273 e. The summed E-state index contributed by atoms with van der Waals surface area (Å²) in [5.74, 6) is 0. The minimum atomic E-state index is -0.0417. The number of hydrogen-bond acceptors (Lipinski definition) is 6. The van der Waals surface area contributed by atoms with E-state index in [-0.39, 0.29) is 5.57 Å². The van der Waals surface area contributed by atoms with Crippen LogP contribution >= 0.6 is 23.9 Å². The van der Waals surface area contributed by atoms with Gasteiger partial charge in [-0.1, -0.05) is 0 Å². The molecule has 0 aromatic heterocycles. The van der Waals surface area contributed by atoms with Crippen LogP contribution in [0.1, 0.15) is 0 Å². The first kappa shape index (κ1) is 9.34. The van der Waals surface area contributed by atoms with Crippen molar-refractivity contribution in [3.05, 3.63) is 9.81 Å². The second-order valence-corrected chi connectivity index (χ2v) is 2.67. The average Bonchev–Trinajstić information content (AvgIpc) is 2.00. The van der Waals surface area contributed by atoms with Gasteiger partial charge < -0.3 is 0 Å². The van der Waals surface area contributed by atoms with Gasteiger partial charge in [-0.3, -0.25) is 10.3 Å². The average molecular weight is 172 g/mol. The molecule has 4 nitrogen and oxygen atoms in total. The topological polar surface area (TPSA) is 99.6 Å². The molecular weight excluding hydrogens is 168 g/mol. The minimum Gasteiger partial charge on any atom is -0.273 e. The first-order valence-electron chi connectivity index (χ1n) is 2.08. The molecule has 0 fully saturated rings. The quantitative estimate of drug-likeness (QED) is 0.463. The van der Waals surface area contributed by atoms with E-state index >= 15 is 0 Å². The molecule has 52 valence electrons. The second kappa shape index (κ2) is 5.15. The molecule has 0 heterocycles. The fraction of sp³-hybridized carbons (Fsp3) is 0. The lowest BCUT2D eigenvalue weighted by Crippen LogP contribution is -1.88. The Balaban J connectivity index is 4.62. The zero-order chi connectivity index (χ0) is 7.98. The normalized spacial score (nSPS) is 7.60. The van der Waals surface area contributed by atoms with E-state index < -0.39 is 0 Å². The van der Waals surface area contributed by atoms with Crippen molar-refractivity contribution < 1.29 is 0 Å². The Labute approximate surface area is 67.1 Å². The number of hydrogen-bond donors (Lipinski definition) is 2. The molecule has 0 aliphatic rings. The molecule has 0 atom stereocenters. The molecule has 0 aliphatic heterocycles. The predicted molar refractivity (Wildman–Crippen MR) is 41.8 cm³/mol. The summed E-state index contributed by atoms with van der Waals surface area (Å²) in [7, 11) is 0. The molecule has 0 aromatic carbocycles. The van der Waals surface area contributed by atoms with Gasteiger partial charge in [-0.05, 0) is 23.9 Å². The van der Waals surface area contributed by atoms with E-state index in [0.29, 0.717) is 4.24 Å². The van der Waals surface area contributed by atoms with E-state index in [1.54, 1.807) is 12.1 Å². The summed E-state index contributed by atoms with van der Waals surface area (Å²) < 4.78 is 0.338. The number of nitrogens with zero attached hydrogens (tertiary/aromatic N) is 2. The highest BCUT2D eigenvalue weighted by molar-refractivity contribution is 8.20. The van der Waals surface area contributed by atoms with Gasteiger partial charge in [-0.15, -0.1) is 0 Å². The van der Waals surface area contributed by atoms with Gasteiger partial charge in [-0.2, -0.15) is 10.5 Å². The van der Waals surface area contributed by atoms with Gasteiger partial charge in [0.1, 0.15) is 12.1 Å². The van der Waals surface area contributed by atoms with Crippen LogP contribution in [-0.4, -0.2) is 0 Å². The van der Waals surface area contributed by atoms with Crippen LogP contribution in [0.5, 0.6) is 0 Å². The summed E-state index contributed by atoms with van der Waals surface area (Å²) in [6.07, 6.45) is 0. The standard InChI is InChI=1S/C4H4N4S2/c5-1-3(2-6)4(9-7)10-8/h7-8H2. The molecule has 0 unspecified atom stereocenters. The molecule has 0 radical (unpaired) electrons. The molecule has 0 aliphatic carbocycles. The lowest BCUT2D eigenvalue weighted by Gasteiger charge is -1.94. The fourth-order valence-electron chi connectivity index (χ4n) is 0.262. The highest BCUT2D eigenvalue weighted by atomic mass is 32.2. The van der Waals surface area contributed by atoms with Gasteiger partial charge in [0.25, 0.3) is 0 Å². The van der Waals surface area contributed by atoms with Crippen molar-refractivity contribution >= 4 is 23.9 Å². The van der Waals surface area contributed by atoms with E-state index in [0.717, 1.165) is 23.9 Å². The van der Waals surface area contributed by atoms with Crippen LogP contribution in [0, 0.1) is 22.7 Å². The summed E-state index contributed by atoms with van der Waals surface area (Å²) in [4.78, 5) is 0. The minimum absolute atomic E-state index is 0.0417. The molecule has 4 N–H and O–H groups in total. The van der Waals surface area contributed by atoms with Gasteiger partial charge >= 0.3 is 0 Å². The van der Waals surface area contributed by atoms with Crippen molar-refractivity contribution in [2.45, 2.75) is 0 Å². The van der Waals surface area contributed by atoms with E-state index in [9.17, 15) is 0 Å². The molecule has 0 amide bonds. The summed E-state index contributed by atoms with van der Waals surface area (Å²) >= 11 is 1.60. The Bertz CT molecular complexity index is 198. The highest BCUT2D eigenvalue weighted by Crippen LogP contribution is 2.22. The summed E-state index contributed by atoms with van der Waals surface area (Å²) in [5, 5.41) is 26.8. The highest BCUT2D eigenvalue weighted by Gasteiger charge is 2.02. The van der Waals surface area contributed by atoms with Crippen molar-refractivity contribution in [3.63, 3.8) is 0 Å². The van der Waals surface area contributed by atoms with Crippen molar-refractivity contribution in [3.8, 4) is 12.1 Å². The van der Waals surface area contributed by atoms with Crippen LogP contribution in [0.4, 0.5) is 0 Å². The third-order valence-corrected chi connectivity index (χ3v) is 2.06. The smallest absolute Gasteiger partial charge is 0.152 e. The van der Waals surface area contributed by atoms with Crippen LogP contribution in [0.15, 0.2) is 9.81 Å². The van der Waals surface area contributed by atoms with E-state index in [2.05, 4.69) is 0 Å². The molecule has 0 rings (SSSR count). The van der Waals surface area contributed by atoms with Crippen molar-refractivity contribution in [2.75, 3.05) is 0 Å². The van der Waals surface area contributed by atoms with Crippen LogP contribution in [-0.2, 0) is 0 Å². The van der Waals surface area contributed by atoms with Crippen molar-refractivity contribution in [1.29, 1.82) is 10.5 Å². The molecule has 0 bridgehead atoms. The zero-order valence-corrected chi connectivity index (χ0v) is 6.50. The van der Waals surface area contributed by atoms with Crippen molar-refractivity contribution in [1.82, 2.24) is 0 Å². The van der Waals surface area contributed by atoms with E-state index in [4.69, 9.17) is 20.8 Å². The maximum absolute atomic E-state index is 8.29. The Morgan fingerprint density at radius 3 is 1.60 bits per heavy atom. The van der Waals surface area contributed by atoms with Crippen LogP contribution in [0.3, 0.4) is 0 Å². The summed E-state index contributed by atoms with van der Waals surface area (Å²) in [6, 6.07) is 3.34. The second-order valence-electron chi connectivity index (χ2n) is 1.12. The zero-order valence-electron chi connectivity index (χ0n) is 4.87. The van der Waals surface area contributed by atoms with Crippen molar-refractivity contribution in [2.24, 2.45) is 10.3 Å². The number of nitrogens with two attached hydrogens (primary N) is 2. The molecule has 10 heavy (non-hydrogen) atoms. The molecular formula is C4H4N4S2. The predicted octanol–water partition coefficient (Wildman–Crippen LogP) is 0.459. The van der Waals surface area contributed by atoms with Gasteiger partial charge in [0.2, 0.25) is 0 Å². The van der Waals surface area contributed by atoms with Crippen LogP contribution in [0.2, 0.25) is 0 Å². The summed E-state index contributed by atoms with van der Waals surface area (Å²) in [5.41, 5.74) is -0.0417. The molecule has 6 heteroatoms. The third kappa shape index (κ3) is 2.29. The van der Waals surface area contributed by atoms with E-state index in [1.807, 2.05) is 0 Å². The maximum Gasteiger partial charge on any atom is 0.152 e. The third-order valence-electron chi connectivity index (χ3n) is 0.642. The molecule has 0 spiro atoms. The first-order chi connectivity index (χ1) is 4.79. The van der Waals surface area contributed by atoms with Gasteiger partial charge in [0, 0.05) is 0 Å².